The smallest absolute Gasteiger partial charge is 0.220 e. The fourth-order valence-electron chi connectivity index (χ4n) is 4.02. The molecule has 2 aromatic heterocycles. The second kappa shape index (κ2) is 6.56. The van der Waals surface area contributed by atoms with Crippen LogP contribution in [0.25, 0.3) is 5.65 Å². The number of hydrogen-bond acceptors (Lipinski definition) is 3. The van der Waals surface area contributed by atoms with Crippen LogP contribution in [-0.4, -0.2) is 20.5 Å². The van der Waals surface area contributed by atoms with Crippen molar-refractivity contribution >= 4 is 11.6 Å². The van der Waals surface area contributed by atoms with Gasteiger partial charge in [-0.15, -0.1) is 0 Å². The largest absolute Gasteiger partial charge is 0.349 e. The Morgan fingerprint density at radius 1 is 1.27 bits per heavy atom. The highest BCUT2D eigenvalue weighted by Gasteiger charge is 2.23. The van der Waals surface area contributed by atoms with Crippen LogP contribution < -0.4 is 5.32 Å². The molecule has 5 nitrogen and oxygen atoms in total. The molecule has 0 fully saturated rings. The highest BCUT2D eigenvalue weighted by Crippen LogP contribution is 2.30. The zero-order valence-electron chi connectivity index (χ0n) is 15.5. The maximum absolute atomic E-state index is 12.5. The van der Waals surface area contributed by atoms with Crippen LogP contribution in [0, 0.1) is 20.8 Å². The molecule has 0 saturated heterocycles. The van der Waals surface area contributed by atoms with Gasteiger partial charge in [0.2, 0.25) is 5.91 Å². The van der Waals surface area contributed by atoms with Crippen molar-refractivity contribution < 1.29 is 4.79 Å². The normalized spacial score (nSPS) is 16.0. The Morgan fingerprint density at radius 3 is 2.92 bits per heavy atom. The van der Waals surface area contributed by atoms with Gasteiger partial charge in [0.15, 0.2) is 5.65 Å². The molecule has 0 aliphatic heterocycles. The van der Waals surface area contributed by atoms with Crippen molar-refractivity contribution in [1.82, 2.24) is 19.9 Å². The summed E-state index contributed by atoms with van der Waals surface area (Å²) in [7, 11) is 0. The summed E-state index contributed by atoms with van der Waals surface area (Å²) < 4.78 is 1.88. The maximum Gasteiger partial charge on any atom is 0.220 e. The van der Waals surface area contributed by atoms with Gasteiger partial charge < -0.3 is 5.32 Å². The molecular weight excluding hydrogens is 324 g/mol. The summed E-state index contributed by atoms with van der Waals surface area (Å²) in [6.07, 6.45) is 3.18. The number of nitrogens with one attached hydrogen (secondary N) is 1. The minimum Gasteiger partial charge on any atom is -0.349 e. The summed E-state index contributed by atoms with van der Waals surface area (Å²) in [4.78, 5) is 17.2. The number of carbonyl (C=O) groups excluding carboxylic acids is 1. The lowest BCUT2D eigenvalue weighted by molar-refractivity contribution is -0.121. The first-order chi connectivity index (χ1) is 12.5. The van der Waals surface area contributed by atoms with Gasteiger partial charge >= 0.3 is 0 Å². The predicted octanol–water partition coefficient (Wildman–Crippen LogP) is 3.39. The van der Waals surface area contributed by atoms with Crippen LogP contribution in [0.5, 0.6) is 0 Å². The average Bonchev–Trinajstić information content (AvgIpc) is 3.18. The minimum absolute atomic E-state index is 0.0993. The number of benzene rings is 1. The number of aromatic nitrogens is 3. The summed E-state index contributed by atoms with van der Waals surface area (Å²) >= 11 is 0. The average molecular weight is 348 g/mol. The Balaban J connectivity index is 1.46. The quantitative estimate of drug-likeness (QED) is 0.786. The van der Waals surface area contributed by atoms with Crippen molar-refractivity contribution in [3.8, 4) is 0 Å². The molecule has 1 aliphatic carbocycles. The Hall–Kier alpha value is -2.69. The third kappa shape index (κ3) is 2.98. The molecule has 0 radical (unpaired) electrons. The van der Waals surface area contributed by atoms with Gasteiger partial charge in [-0.2, -0.15) is 5.10 Å². The van der Waals surface area contributed by atoms with E-state index in [0.29, 0.717) is 12.8 Å². The number of hydrogen-bond donors (Lipinski definition) is 1. The molecule has 2 heterocycles. The topological polar surface area (TPSA) is 59.3 Å². The van der Waals surface area contributed by atoms with Crippen LogP contribution in [-0.2, 0) is 17.6 Å². The molecule has 0 saturated carbocycles. The van der Waals surface area contributed by atoms with Crippen LogP contribution in [0.15, 0.2) is 30.3 Å². The van der Waals surface area contributed by atoms with Gasteiger partial charge in [-0.3, -0.25) is 4.79 Å². The highest BCUT2D eigenvalue weighted by atomic mass is 16.1. The molecule has 26 heavy (non-hydrogen) atoms. The van der Waals surface area contributed by atoms with Crippen molar-refractivity contribution in [3.63, 3.8) is 0 Å². The number of rotatable bonds is 4. The fourth-order valence-corrected chi connectivity index (χ4v) is 4.02. The summed E-state index contributed by atoms with van der Waals surface area (Å²) in [5.74, 6) is 0.0993. The molecule has 1 atom stereocenters. The van der Waals surface area contributed by atoms with Crippen molar-refractivity contribution in [3.05, 3.63) is 64.1 Å². The van der Waals surface area contributed by atoms with E-state index in [4.69, 9.17) is 0 Å². The summed E-state index contributed by atoms with van der Waals surface area (Å²) in [5.41, 5.74) is 7.61. The zero-order valence-corrected chi connectivity index (χ0v) is 15.5. The molecule has 1 aliphatic rings. The number of aryl methyl sites for hydroxylation is 4. The molecule has 134 valence electrons. The molecule has 1 unspecified atom stereocenters. The molecule has 5 heteroatoms. The van der Waals surface area contributed by atoms with Gasteiger partial charge in [0.05, 0.1) is 11.7 Å². The molecule has 1 amide bonds. The van der Waals surface area contributed by atoms with Crippen molar-refractivity contribution in [2.45, 2.75) is 52.5 Å². The van der Waals surface area contributed by atoms with E-state index < -0.39 is 0 Å². The van der Waals surface area contributed by atoms with Gasteiger partial charge in [0, 0.05) is 23.9 Å². The fraction of sp³-hybridized carbons (Fsp3) is 0.381. The molecule has 1 aromatic carbocycles. The van der Waals surface area contributed by atoms with Gasteiger partial charge in [0.1, 0.15) is 0 Å². The Bertz CT molecular complexity index is 989. The second-order valence-electron chi connectivity index (χ2n) is 7.17. The van der Waals surface area contributed by atoms with E-state index in [-0.39, 0.29) is 11.9 Å². The Morgan fingerprint density at radius 2 is 2.08 bits per heavy atom. The summed E-state index contributed by atoms with van der Waals surface area (Å²) in [5, 5.41) is 7.71. The molecule has 0 bridgehead atoms. The van der Waals surface area contributed by atoms with Gasteiger partial charge in [-0.25, -0.2) is 9.50 Å². The van der Waals surface area contributed by atoms with Crippen LogP contribution in [0.4, 0.5) is 0 Å². The van der Waals surface area contributed by atoms with Crippen LogP contribution >= 0.6 is 0 Å². The predicted molar refractivity (Wildman–Crippen MR) is 101 cm³/mol. The van der Waals surface area contributed by atoms with E-state index in [1.807, 2.05) is 30.5 Å². The van der Waals surface area contributed by atoms with Crippen LogP contribution in [0.1, 0.15) is 52.7 Å². The molecule has 1 N–H and O–H groups in total. The van der Waals surface area contributed by atoms with E-state index in [0.717, 1.165) is 41.1 Å². The first-order valence-electron chi connectivity index (χ1n) is 9.22. The summed E-state index contributed by atoms with van der Waals surface area (Å²) in [6.45, 7) is 6.03. The molecule has 3 aromatic rings. The van der Waals surface area contributed by atoms with Gasteiger partial charge in [-0.05, 0) is 56.7 Å². The lowest BCUT2D eigenvalue weighted by Crippen LogP contribution is -2.27. The van der Waals surface area contributed by atoms with E-state index in [1.165, 1.54) is 11.1 Å². The van der Waals surface area contributed by atoms with Crippen LogP contribution in [0.3, 0.4) is 0 Å². The number of carbonyl (C=O) groups is 1. The maximum atomic E-state index is 12.5. The molecule has 0 spiro atoms. The lowest BCUT2D eigenvalue weighted by Gasteiger charge is -2.15. The number of nitrogens with zero attached hydrogens (tertiary/aromatic N) is 3. The van der Waals surface area contributed by atoms with Crippen molar-refractivity contribution in [1.29, 1.82) is 0 Å². The minimum atomic E-state index is 0.0993. The van der Waals surface area contributed by atoms with E-state index in [2.05, 4.69) is 40.5 Å². The Labute approximate surface area is 153 Å². The Kier molecular flexibility index (Phi) is 4.23. The van der Waals surface area contributed by atoms with E-state index in [1.54, 1.807) is 0 Å². The van der Waals surface area contributed by atoms with E-state index in [9.17, 15) is 4.79 Å². The lowest BCUT2D eigenvalue weighted by atomic mass is 10.1. The third-order valence-corrected chi connectivity index (χ3v) is 5.36. The van der Waals surface area contributed by atoms with Gasteiger partial charge in [-0.1, -0.05) is 24.3 Å². The number of amides is 1. The van der Waals surface area contributed by atoms with E-state index >= 15 is 0 Å². The second-order valence-corrected chi connectivity index (χ2v) is 7.17. The highest BCUT2D eigenvalue weighted by molar-refractivity contribution is 5.77. The monoisotopic (exact) mass is 348 g/mol. The summed E-state index contributed by atoms with van der Waals surface area (Å²) in [6, 6.07) is 10.5. The standard InChI is InChI=1S/C21H24N4O/c1-13-12-20-22-14(2)17(15(3)25(20)24-13)9-11-21(26)23-19-10-8-16-6-4-5-7-18(16)19/h4-7,12,19H,8-11H2,1-3H3,(H,23,26). The zero-order chi connectivity index (χ0) is 18.3. The molecule has 4 rings (SSSR count). The van der Waals surface area contributed by atoms with Crippen molar-refractivity contribution in [2.75, 3.05) is 0 Å². The number of fused-ring (bicyclic) bond motifs is 2. The third-order valence-electron chi connectivity index (χ3n) is 5.36. The molecular formula is C21H24N4O. The van der Waals surface area contributed by atoms with Crippen molar-refractivity contribution in [2.24, 2.45) is 0 Å². The SMILES string of the molecule is Cc1cc2nc(C)c(CCC(=O)NC3CCc4ccccc43)c(C)n2n1. The first kappa shape index (κ1) is 16.8. The van der Waals surface area contributed by atoms with Gasteiger partial charge in [0.25, 0.3) is 0 Å². The van der Waals surface area contributed by atoms with Crippen LogP contribution in [0.2, 0.25) is 0 Å². The first-order valence-corrected chi connectivity index (χ1v) is 9.22.